The van der Waals surface area contributed by atoms with Gasteiger partial charge in [-0.2, -0.15) is 13.2 Å². The summed E-state index contributed by atoms with van der Waals surface area (Å²) in [6.07, 6.45) is -1.93. The minimum atomic E-state index is -4.43. The zero-order valence-electron chi connectivity index (χ0n) is 11.1. The fourth-order valence-corrected chi connectivity index (χ4v) is 2.39. The predicted molar refractivity (Wildman–Crippen MR) is 67.2 cm³/mol. The van der Waals surface area contributed by atoms with Crippen LogP contribution in [0.25, 0.3) is 0 Å². The highest BCUT2D eigenvalue weighted by molar-refractivity contribution is 5.92. The number of carbonyl (C=O) groups excluding carboxylic acids is 1. The van der Waals surface area contributed by atoms with Gasteiger partial charge in [-0.25, -0.2) is 0 Å². The van der Waals surface area contributed by atoms with Crippen molar-refractivity contribution >= 4 is 5.91 Å². The fraction of sp³-hybridized carbons (Fsp3) is 0.538. The Kier molecular flexibility index (Phi) is 4.27. The Balaban J connectivity index is 2.13. The van der Waals surface area contributed by atoms with Crippen molar-refractivity contribution in [2.45, 2.75) is 25.1 Å². The second kappa shape index (κ2) is 5.78. The van der Waals surface area contributed by atoms with Gasteiger partial charge in [0, 0.05) is 25.3 Å². The number of nitrogens with zero attached hydrogens (tertiary/aromatic N) is 2. The zero-order chi connectivity index (χ0) is 14.8. The molecule has 0 aliphatic carbocycles. The molecule has 1 aliphatic rings. The summed E-state index contributed by atoms with van der Waals surface area (Å²) in [6, 6.07) is 2.11. The molecule has 0 spiro atoms. The molecule has 1 aromatic heterocycles. The first-order valence-corrected chi connectivity index (χ1v) is 6.42. The first-order valence-electron chi connectivity index (χ1n) is 6.42. The minimum absolute atomic E-state index is 0.0565. The van der Waals surface area contributed by atoms with E-state index >= 15 is 0 Å². The maximum atomic E-state index is 12.4. The number of likely N-dealkylation sites (tertiary alicyclic amines) is 1. The average Bonchev–Trinajstić information content (AvgIpc) is 2.86. The fourth-order valence-electron chi connectivity index (χ4n) is 2.39. The van der Waals surface area contributed by atoms with E-state index in [1.807, 2.05) is 0 Å². The van der Waals surface area contributed by atoms with Gasteiger partial charge in [-0.05, 0) is 32.0 Å². The summed E-state index contributed by atoms with van der Waals surface area (Å²) >= 11 is 0. The van der Waals surface area contributed by atoms with Gasteiger partial charge < -0.3 is 10.2 Å². The Labute approximate surface area is 115 Å². The second-order valence-corrected chi connectivity index (χ2v) is 4.78. The van der Waals surface area contributed by atoms with E-state index < -0.39 is 11.7 Å². The third kappa shape index (κ3) is 3.09. The molecule has 2 rings (SSSR count). The molecule has 20 heavy (non-hydrogen) atoms. The van der Waals surface area contributed by atoms with Crippen LogP contribution in [0.4, 0.5) is 13.2 Å². The lowest BCUT2D eigenvalue weighted by atomic mass is 10.2. The average molecular weight is 287 g/mol. The number of amides is 1. The number of alkyl halides is 3. The van der Waals surface area contributed by atoms with E-state index in [0.717, 1.165) is 25.0 Å². The Bertz CT molecular complexity index is 473. The molecular formula is C13H16F3N3O. The Morgan fingerprint density at radius 3 is 2.80 bits per heavy atom. The van der Waals surface area contributed by atoms with Crippen molar-refractivity contribution in [1.29, 1.82) is 0 Å². The molecule has 1 saturated heterocycles. The van der Waals surface area contributed by atoms with E-state index in [9.17, 15) is 18.0 Å². The Morgan fingerprint density at radius 1 is 1.50 bits per heavy atom. The minimum Gasteiger partial charge on any atom is -0.333 e. The molecule has 1 N–H and O–H groups in total. The maximum Gasteiger partial charge on any atom is 0.417 e. The highest BCUT2D eigenvalue weighted by Gasteiger charge is 2.32. The van der Waals surface area contributed by atoms with Gasteiger partial charge in [0.1, 0.15) is 5.69 Å². The van der Waals surface area contributed by atoms with E-state index in [1.165, 1.54) is 0 Å². The summed E-state index contributed by atoms with van der Waals surface area (Å²) in [5.41, 5.74) is -0.789. The van der Waals surface area contributed by atoms with Gasteiger partial charge in [-0.3, -0.25) is 9.78 Å². The lowest BCUT2D eigenvalue weighted by molar-refractivity contribution is -0.137. The molecule has 1 amide bonds. The van der Waals surface area contributed by atoms with Crippen molar-refractivity contribution in [2.24, 2.45) is 0 Å². The Morgan fingerprint density at radius 2 is 2.25 bits per heavy atom. The SMILES string of the molecule is CNCC1CCCN1C(=O)c1ccc(C(F)(F)F)cn1. The molecule has 110 valence electrons. The third-order valence-corrected chi connectivity index (χ3v) is 3.39. The molecule has 7 heteroatoms. The summed E-state index contributed by atoms with van der Waals surface area (Å²) < 4.78 is 37.3. The van der Waals surface area contributed by atoms with E-state index in [0.29, 0.717) is 19.3 Å². The first-order chi connectivity index (χ1) is 9.43. The molecule has 0 aromatic carbocycles. The van der Waals surface area contributed by atoms with Gasteiger partial charge >= 0.3 is 6.18 Å². The second-order valence-electron chi connectivity index (χ2n) is 4.78. The molecule has 1 aliphatic heterocycles. The van der Waals surface area contributed by atoms with Gasteiger partial charge in [0.25, 0.3) is 5.91 Å². The van der Waals surface area contributed by atoms with Crippen molar-refractivity contribution in [1.82, 2.24) is 15.2 Å². The molecule has 1 atom stereocenters. The maximum absolute atomic E-state index is 12.4. The van der Waals surface area contributed by atoms with Crippen molar-refractivity contribution in [2.75, 3.05) is 20.1 Å². The standard InChI is InChI=1S/C13H16F3N3O/c1-17-8-10-3-2-6-19(10)12(20)11-5-4-9(7-18-11)13(14,15)16/h4-5,7,10,17H,2-3,6,8H2,1H3. The van der Waals surface area contributed by atoms with E-state index in [4.69, 9.17) is 0 Å². The van der Waals surface area contributed by atoms with Gasteiger partial charge in [0.2, 0.25) is 0 Å². The monoisotopic (exact) mass is 287 g/mol. The van der Waals surface area contributed by atoms with Crippen LogP contribution in [0.1, 0.15) is 28.9 Å². The zero-order valence-corrected chi connectivity index (χ0v) is 11.1. The number of carbonyl (C=O) groups is 1. The number of pyridine rings is 1. The van der Waals surface area contributed by atoms with Crippen molar-refractivity contribution in [3.05, 3.63) is 29.6 Å². The summed E-state index contributed by atoms with van der Waals surface area (Å²) in [7, 11) is 1.80. The van der Waals surface area contributed by atoms with Crippen LogP contribution in [-0.4, -0.2) is 42.0 Å². The predicted octanol–water partition coefficient (Wildman–Crippen LogP) is 1.92. The van der Waals surface area contributed by atoms with Crippen LogP contribution in [0.5, 0.6) is 0 Å². The molecule has 4 nitrogen and oxygen atoms in total. The van der Waals surface area contributed by atoms with Gasteiger partial charge in [-0.1, -0.05) is 0 Å². The first kappa shape index (κ1) is 14.8. The molecule has 0 radical (unpaired) electrons. The van der Waals surface area contributed by atoms with Crippen molar-refractivity contribution in [3.8, 4) is 0 Å². The number of hydrogen-bond acceptors (Lipinski definition) is 3. The van der Waals surface area contributed by atoms with Crippen molar-refractivity contribution in [3.63, 3.8) is 0 Å². The van der Waals surface area contributed by atoms with Crippen LogP contribution >= 0.6 is 0 Å². The summed E-state index contributed by atoms with van der Waals surface area (Å²) in [5.74, 6) is -0.309. The quantitative estimate of drug-likeness (QED) is 0.924. The van der Waals surface area contributed by atoms with Crippen LogP contribution in [0, 0.1) is 0 Å². The van der Waals surface area contributed by atoms with E-state index in [-0.39, 0.29) is 17.6 Å². The number of aromatic nitrogens is 1. The number of likely N-dealkylation sites (N-methyl/N-ethyl adjacent to an activating group) is 1. The molecule has 0 saturated carbocycles. The lowest BCUT2D eigenvalue weighted by Crippen LogP contribution is -2.41. The van der Waals surface area contributed by atoms with Gasteiger partial charge in [-0.15, -0.1) is 0 Å². The summed E-state index contributed by atoms with van der Waals surface area (Å²) in [6.45, 7) is 1.29. The van der Waals surface area contributed by atoms with E-state index in [2.05, 4.69) is 10.3 Å². The Hall–Kier alpha value is -1.63. The highest BCUT2D eigenvalue weighted by Crippen LogP contribution is 2.28. The van der Waals surface area contributed by atoms with Crippen LogP contribution in [-0.2, 0) is 6.18 Å². The molecule has 1 unspecified atom stereocenters. The normalized spacial score (nSPS) is 19.4. The van der Waals surface area contributed by atoms with E-state index in [1.54, 1.807) is 11.9 Å². The van der Waals surface area contributed by atoms with Gasteiger partial charge in [0.15, 0.2) is 0 Å². The van der Waals surface area contributed by atoms with Gasteiger partial charge in [0.05, 0.1) is 5.56 Å². The summed E-state index contributed by atoms with van der Waals surface area (Å²) in [4.78, 5) is 17.6. The van der Waals surface area contributed by atoms with Crippen LogP contribution in [0.15, 0.2) is 18.3 Å². The molecule has 1 fully saturated rings. The highest BCUT2D eigenvalue weighted by atomic mass is 19.4. The van der Waals surface area contributed by atoms with Crippen LogP contribution < -0.4 is 5.32 Å². The van der Waals surface area contributed by atoms with Crippen LogP contribution in [0.3, 0.4) is 0 Å². The summed E-state index contributed by atoms with van der Waals surface area (Å²) in [5, 5.41) is 3.01. The number of halogens is 3. The topological polar surface area (TPSA) is 45.2 Å². The number of hydrogen-bond donors (Lipinski definition) is 1. The smallest absolute Gasteiger partial charge is 0.333 e. The molecule has 1 aromatic rings. The number of rotatable bonds is 3. The molecular weight excluding hydrogens is 271 g/mol. The molecule has 2 heterocycles. The number of nitrogens with one attached hydrogen (secondary N) is 1. The van der Waals surface area contributed by atoms with Crippen LogP contribution in [0.2, 0.25) is 0 Å². The largest absolute Gasteiger partial charge is 0.417 e. The van der Waals surface area contributed by atoms with Crippen molar-refractivity contribution < 1.29 is 18.0 Å². The third-order valence-electron chi connectivity index (χ3n) is 3.39. The molecule has 0 bridgehead atoms. The lowest BCUT2D eigenvalue weighted by Gasteiger charge is -2.24.